The van der Waals surface area contributed by atoms with Gasteiger partial charge in [0.15, 0.2) is 0 Å². The number of hydrogen-bond acceptors (Lipinski definition) is 4. The van der Waals surface area contributed by atoms with Crippen LogP contribution in [0.5, 0.6) is 0 Å². The SMILES string of the molecule is COC(=O)c1ccc(Cl)c(NC(=O)C(C)(N)C2CC2)c1. The third-order valence-electron chi connectivity index (χ3n) is 3.55. The van der Waals surface area contributed by atoms with E-state index in [1.54, 1.807) is 6.92 Å². The van der Waals surface area contributed by atoms with Crippen LogP contribution in [0, 0.1) is 5.92 Å². The second-order valence-corrected chi connectivity index (χ2v) is 5.60. The summed E-state index contributed by atoms with van der Waals surface area (Å²) in [5.74, 6) is -0.594. The zero-order chi connectivity index (χ0) is 14.9. The van der Waals surface area contributed by atoms with Gasteiger partial charge in [-0.2, -0.15) is 0 Å². The first-order valence-corrected chi connectivity index (χ1v) is 6.72. The van der Waals surface area contributed by atoms with Crippen molar-refractivity contribution in [1.82, 2.24) is 0 Å². The maximum absolute atomic E-state index is 12.2. The minimum Gasteiger partial charge on any atom is -0.465 e. The van der Waals surface area contributed by atoms with Crippen LogP contribution in [-0.2, 0) is 9.53 Å². The van der Waals surface area contributed by atoms with E-state index in [9.17, 15) is 9.59 Å². The summed E-state index contributed by atoms with van der Waals surface area (Å²) in [6, 6.07) is 4.55. The number of amides is 1. The van der Waals surface area contributed by atoms with Gasteiger partial charge in [0.1, 0.15) is 0 Å². The molecule has 0 saturated heterocycles. The highest BCUT2D eigenvalue weighted by Crippen LogP contribution is 2.39. The number of carbonyl (C=O) groups is 2. The largest absolute Gasteiger partial charge is 0.465 e. The Morgan fingerprint density at radius 3 is 2.65 bits per heavy atom. The van der Waals surface area contributed by atoms with Crippen LogP contribution >= 0.6 is 11.6 Å². The summed E-state index contributed by atoms with van der Waals surface area (Å²) in [5, 5.41) is 3.03. The molecule has 0 heterocycles. The van der Waals surface area contributed by atoms with Crippen LogP contribution in [0.1, 0.15) is 30.1 Å². The molecule has 5 nitrogen and oxygen atoms in total. The number of methoxy groups -OCH3 is 1. The van der Waals surface area contributed by atoms with Crippen LogP contribution in [0.2, 0.25) is 5.02 Å². The van der Waals surface area contributed by atoms with E-state index in [0.717, 1.165) is 12.8 Å². The molecule has 1 aliphatic rings. The lowest BCUT2D eigenvalue weighted by atomic mass is 9.96. The molecule has 0 spiro atoms. The number of nitrogens with two attached hydrogens (primary N) is 1. The highest BCUT2D eigenvalue weighted by molar-refractivity contribution is 6.34. The Morgan fingerprint density at radius 1 is 1.45 bits per heavy atom. The minimum absolute atomic E-state index is 0.199. The third kappa shape index (κ3) is 2.94. The molecule has 0 radical (unpaired) electrons. The summed E-state index contributed by atoms with van der Waals surface area (Å²) < 4.78 is 4.63. The summed E-state index contributed by atoms with van der Waals surface area (Å²) in [6.07, 6.45) is 1.91. The number of benzene rings is 1. The summed E-state index contributed by atoms with van der Waals surface area (Å²) in [4.78, 5) is 23.7. The Bertz CT molecular complexity index is 553. The van der Waals surface area contributed by atoms with E-state index in [1.165, 1.54) is 25.3 Å². The van der Waals surface area contributed by atoms with Crippen LogP contribution in [0.25, 0.3) is 0 Å². The van der Waals surface area contributed by atoms with Gasteiger partial charge in [-0.05, 0) is 43.9 Å². The van der Waals surface area contributed by atoms with Gasteiger partial charge in [0.25, 0.3) is 0 Å². The fourth-order valence-electron chi connectivity index (χ4n) is 1.99. The molecule has 1 amide bonds. The Balaban J connectivity index is 2.20. The molecule has 0 bridgehead atoms. The summed E-state index contributed by atoms with van der Waals surface area (Å²) in [5.41, 5.74) is 5.79. The van der Waals surface area contributed by atoms with E-state index in [4.69, 9.17) is 17.3 Å². The molecule has 1 fully saturated rings. The van der Waals surface area contributed by atoms with E-state index in [-0.39, 0.29) is 11.8 Å². The lowest BCUT2D eigenvalue weighted by molar-refractivity contribution is -0.121. The van der Waals surface area contributed by atoms with Gasteiger partial charge in [0.05, 0.1) is 28.9 Å². The van der Waals surface area contributed by atoms with Crippen molar-refractivity contribution in [3.63, 3.8) is 0 Å². The summed E-state index contributed by atoms with van der Waals surface area (Å²) in [7, 11) is 1.29. The van der Waals surface area contributed by atoms with Gasteiger partial charge in [-0.15, -0.1) is 0 Å². The van der Waals surface area contributed by atoms with E-state index >= 15 is 0 Å². The maximum atomic E-state index is 12.2. The number of carbonyl (C=O) groups excluding carboxylic acids is 2. The van der Waals surface area contributed by atoms with Gasteiger partial charge in [-0.25, -0.2) is 4.79 Å². The van der Waals surface area contributed by atoms with Crippen molar-refractivity contribution >= 4 is 29.2 Å². The van der Waals surface area contributed by atoms with Gasteiger partial charge in [0.2, 0.25) is 5.91 Å². The number of hydrogen-bond donors (Lipinski definition) is 2. The molecule has 1 aromatic rings. The molecule has 0 aliphatic heterocycles. The second-order valence-electron chi connectivity index (χ2n) is 5.20. The molecule has 2 rings (SSSR count). The zero-order valence-corrected chi connectivity index (χ0v) is 12.2. The Morgan fingerprint density at radius 2 is 2.10 bits per heavy atom. The van der Waals surface area contributed by atoms with E-state index in [1.807, 2.05) is 0 Å². The number of esters is 1. The molecule has 3 N–H and O–H groups in total. The highest BCUT2D eigenvalue weighted by atomic mass is 35.5. The predicted octanol–water partition coefficient (Wildman–Crippen LogP) is 2.19. The van der Waals surface area contributed by atoms with Gasteiger partial charge in [-0.1, -0.05) is 11.6 Å². The van der Waals surface area contributed by atoms with Crippen molar-refractivity contribution < 1.29 is 14.3 Å². The molecule has 1 aliphatic carbocycles. The Kier molecular flexibility index (Phi) is 4.01. The number of nitrogens with one attached hydrogen (secondary N) is 1. The standard InChI is InChI=1S/C14H17ClN2O3/c1-14(16,9-4-5-9)13(19)17-11-7-8(12(18)20-2)3-6-10(11)15/h3,6-7,9H,4-5,16H2,1-2H3,(H,17,19). The van der Waals surface area contributed by atoms with Crippen LogP contribution in [0.4, 0.5) is 5.69 Å². The average Bonchev–Trinajstić information content (AvgIpc) is 3.24. The maximum Gasteiger partial charge on any atom is 0.337 e. The molecule has 20 heavy (non-hydrogen) atoms. The van der Waals surface area contributed by atoms with Gasteiger partial charge >= 0.3 is 5.97 Å². The molecule has 108 valence electrons. The van der Waals surface area contributed by atoms with Crippen LogP contribution in [0.15, 0.2) is 18.2 Å². The number of anilines is 1. The molecular weight excluding hydrogens is 280 g/mol. The fourth-order valence-corrected chi connectivity index (χ4v) is 2.16. The van der Waals surface area contributed by atoms with Gasteiger partial charge in [0, 0.05) is 0 Å². The Labute approximate surface area is 122 Å². The number of halogens is 1. The highest BCUT2D eigenvalue weighted by Gasteiger charge is 2.44. The second kappa shape index (κ2) is 5.42. The predicted molar refractivity (Wildman–Crippen MR) is 76.7 cm³/mol. The normalized spacial score (nSPS) is 17.2. The minimum atomic E-state index is -0.926. The van der Waals surface area contributed by atoms with Crippen LogP contribution in [-0.4, -0.2) is 24.5 Å². The lowest BCUT2D eigenvalue weighted by Crippen LogP contribution is -2.50. The van der Waals surface area contributed by atoms with Crippen molar-refractivity contribution in [1.29, 1.82) is 0 Å². The first-order valence-electron chi connectivity index (χ1n) is 6.34. The molecule has 0 aromatic heterocycles. The average molecular weight is 297 g/mol. The zero-order valence-electron chi connectivity index (χ0n) is 11.4. The summed E-state index contributed by atoms with van der Waals surface area (Å²) >= 11 is 6.03. The molecular formula is C14H17ClN2O3. The number of rotatable bonds is 4. The van der Waals surface area contributed by atoms with Crippen molar-refractivity contribution in [3.05, 3.63) is 28.8 Å². The topological polar surface area (TPSA) is 81.4 Å². The van der Waals surface area contributed by atoms with Crippen LogP contribution < -0.4 is 11.1 Å². The fraction of sp³-hybridized carbons (Fsp3) is 0.429. The molecule has 1 unspecified atom stereocenters. The quantitative estimate of drug-likeness (QED) is 0.835. The van der Waals surface area contributed by atoms with Gasteiger partial charge < -0.3 is 15.8 Å². The summed E-state index contributed by atoms with van der Waals surface area (Å²) in [6.45, 7) is 1.71. The smallest absolute Gasteiger partial charge is 0.337 e. The van der Waals surface area contributed by atoms with E-state index in [2.05, 4.69) is 10.1 Å². The molecule has 1 saturated carbocycles. The molecule has 1 atom stereocenters. The van der Waals surface area contributed by atoms with E-state index in [0.29, 0.717) is 16.3 Å². The first-order chi connectivity index (χ1) is 9.36. The van der Waals surface area contributed by atoms with Crippen LogP contribution in [0.3, 0.4) is 0 Å². The van der Waals surface area contributed by atoms with Crippen molar-refractivity contribution in [2.45, 2.75) is 25.3 Å². The number of ether oxygens (including phenoxy) is 1. The van der Waals surface area contributed by atoms with Crippen molar-refractivity contribution in [3.8, 4) is 0 Å². The molecule has 1 aromatic carbocycles. The first kappa shape index (κ1) is 14.8. The van der Waals surface area contributed by atoms with Crippen molar-refractivity contribution in [2.24, 2.45) is 11.7 Å². The lowest BCUT2D eigenvalue weighted by Gasteiger charge is -2.23. The monoisotopic (exact) mass is 296 g/mol. The van der Waals surface area contributed by atoms with Crippen molar-refractivity contribution in [2.75, 3.05) is 12.4 Å². The van der Waals surface area contributed by atoms with Gasteiger partial charge in [-0.3, -0.25) is 4.79 Å². The third-order valence-corrected chi connectivity index (χ3v) is 3.88. The molecule has 6 heteroatoms. The van der Waals surface area contributed by atoms with E-state index < -0.39 is 11.5 Å². The Hall–Kier alpha value is -1.59.